The third-order valence-corrected chi connectivity index (χ3v) is 9.98. The Kier molecular flexibility index (Phi) is 6.71. The Labute approximate surface area is 228 Å². The number of amides is 2. The average molecular weight is 603 g/mol. The van der Waals surface area contributed by atoms with Crippen molar-refractivity contribution in [3.05, 3.63) is 144 Å². The zero-order valence-electron chi connectivity index (χ0n) is 19.7. The van der Waals surface area contributed by atoms with Crippen LogP contribution in [0.2, 0.25) is 0 Å². The van der Waals surface area contributed by atoms with Gasteiger partial charge in [0.15, 0.2) is 0 Å². The second-order valence-electron chi connectivity index (χ2n) is 9.08. The van der Waals surface area contributed by atoms with E-state index >= 15 is 0 Å². The molecule has 1 fully saturated rings. The van der Waals surface area contributed by atoms with E-state index in [0.29, 0.717) is 0 Å². The van der Waals surface area contributed by atoms with Crippen LogP contribution < -0.4 is 0 Å². The lowest BCUT2D eigenvalue weighted by Crippen LogP contribution is -2.45. The Morgan fingerprint density at radius 1 is 0.500 bits per heavy atom. The minimum absolute atomic E-state index is 0.217. The molecule has 4 aromatic rings. The third-order valence-electron chi connectivity index (χ3n) is 7.16. The van der Waals surface area contributed by atoms with Crippen LogP contribution in [0.15, 0.2) is 121 Å². The molecular weight excluding hydrogens is 578 g/mol. The van der Waals surface area contributed by atoms with E-state index in [0.717, 1.165) is 22.3 Å². The van der Waals surface area contributed by atoms with Crippen molar-refractivity contribution in [2.24, 2.45) is 11.8 Å². The van der Waals surface area contributed by atoms with Crippen LogP contribution in [-0.2, 0) is 18.2 Å². The first kappa shape index (κ1) is 24.7. The third kappa shape index (κ3) is 3.86. The molecule has 1 aliphatic heterocycles. The Balaban J connectivity index is 1.82. The van der Waals surface area contributed by atoms with Gasteiger partial charge in [-0.1, -0.05) is 153 Å². The van der Waals surface area contributed by atoms with Crippen LogP contribution >= 0.6 is 31.9 Å². The first-order valence-electron chi connectivity index (χ1n) is 11.8. The van der Waals surface area contributed by atoms with Crippen molar-refractivity contribution in [2.75, 3.05) is 7.05 Å². The zero-order valence-corrected chi connectivity index (χ0v) is 22.9. The normalized spacial score (nSPS) is 18.5. The van der Waals surface area contributed by atoms with Gasteiger partial charge in [0.1, 0.15) is 0 Å². The van der Waals surface area contributed by atoms with Gasteiger partial charge in [-0.15, -0.1) is 0 Å². The van der Waals surface area contributed by atoms with Crippen LogP contribution in [0.25, 0.3) is 0 Å². The van der Waals surface area contributed by atoms with Crippen LogP contribution in [0, 0.1) is 11.8 Å². The van der Waals surface area contributed by atoms with Gasteiger partial charge in [0.25, 0.3) is 0 Å². The number of hydrogen-bond acceptors (Lipinski definition) is 2. The molecule has 0 aromatic heterocycles. The fraction of sp³-hybridized carbons (Fsp3) is 0.161. The minimum Gasteiger partial charge on any atom is -0.285 e. The maximum Gasteiger partial charge on any atom is 0.235 e. The molecule has 2 atom stereocenters. The number of carbonyl (C=O) groups is 2. The van der Waals surface area contributed by atoms with Crippen molar-refractivity contribution in [1.82, 2.24) is 4.90 Å². The van der Waals surface area contributed by atoms with Gasteiger partial charge in [-0.25, -0.2) is 0 Å². The molecule has 1 saturated heterocycles. The number of benzene rings is 4. The number of carbonyl (C=O) groups excluding carboxylic acids is 2. The highest BCUT2D eigenvalue weighted by atomic mass is 79.9. The second kappa shape index (κ2) is 9.79. The largest absolute Gasteiger partial charge is 0.285 e. The number of alkyl halides is 2. The minimum atomic E-state index is -0.944. The van der Waals surface area contributed by atoms with Crippen molar-refractivity contribution in [1.29, 1.82) is 0 Å². The van der Waals surface area contributed by atoms with Gasteiger partial charge < -0.3 is 0 Å². The monoisotopic (exact) mass is 601 g/mol. The van der Waals surface area contributed by atoms with Crippen molar-refractivity contribution in [2.45, 2.75) is 8.65 Å². The lowest BCUT2D eigenvalue weighted by molar-refractivity contribution is -0.138. The van der Waals surface area contributed by atoms with Crippen LogP contribution in [0.1, 0.15) is 22.3 Å². The molecule has 4 aromatic carbocycles. The Hall–Kier alpha value is -3.02. The number of nitrogens with zero attached hydrogens (tertiary/aromatic N) is 1. The van der Waals surface area contributed by atoms with Crippen LogP contribution in [-0.4, -0.2) is 23.8 Å². The van der Waals surface area contributed by atoms with Gasteiger partial charge in [-0.3, -0.25) is 14.5 Å². The van der Waals surface area contributed by atoms with E-state index in [1.807, 2.05) is 121 Å². The van der Waals surface area contributed by atoms with Crippen LogP contribution in [0.3, 0.4) is 0 Å². The van der Waals surface area contributed by atoms with Crippen molar-refractivity contribution in [3.8, 4) is 0 Å². The summed E-state index contributed by atoms with van der Waals surface area (Å²) in [7, 11) is 1.59. The van der Waals surface area contributed by atoms with Gasteiger partial charge in [-0.05, 0) is 22.3 Å². The highest BCUT2D eigenvalue weighted by Gasteiger charge is 2.63. The van der Waals surface area contributed by atoms with Crippen molar-refractivity contribution < 1.29 is 9.59 Å². The Bertz CT molecular complexity index is 1180. The fourth-order valence-corrected chi connectivity index (χ4v) is 7.36. The van der Waals surface area contributed by atoms with Gasteiger partial charge in [0.05, 0.1) is 20.5 Å². The van der Waals surface area contributed by atoms with Gasteiger partial charge >= 0.3 is 0 Å². The second-order valence-corrected chi connectivity index (χ2v) is 11.6. The lowest BCUT2D eigenvalue weighted by atomic mass is 9.67. The molecule has 1 heterocycles. The molecule has 36 heavy (non-hydrogen) atoms. The molecule has 3 nitrogen and oxygen atoms in total. The molecule has 0 bridgehead atoms. The summed E-state index contributed by atoms with van der Waals surface area (Å²) >= 11 is 8.16. The van der Waals surface area contributed by atoms with Gasteiger partial charge in [0, 0.05) is 7.05 Å². The smallest absolute Gasteiger partial charge is 0.235 e. The molecule has 0 spiro atoms. The molecule has 2 amide bonds. The molecule has 5 rings (SSSR count). The quantitative estimate of drug-likeness (QED) is 0.178. The van der Waals surface area contributed by atoms with E-state index in [9.17, 15) is 9.59 Å². The lowest BCUT2D eigenvalue weighted by Gasteiger charge is -2.42. The standard InChI is InChI=1S/C31H25Br2NO2/c1-34-28(35)26(30(32,22-14-6-2-7-15-22)23-16-8-3-9-17-23)27(29(34)36)31(33,24-18-10-4-11-19-24)25-20-12-5-13-21-25/h2-21,26-27H,1H3. The molecule has 0 aliphatic carbocycles. The first-order valence-corrected chi connectivity index (χ1v) is 13.4. The summed E-state index contributed by atoms with van der Waals surface area (Å²) in [5.74, 6) is -1.91. The SMILES string of the molecule is CN1C(=O)C(C(Br)(c2ccccc2)c2ccccc2)C(C(Br)(c2ccccc2)c2ccccc2)C1=O. The van der Waals surface area contributed by atoms with Gasteiger partial charge in [0.2, 0.25) is 11.8 Å². The summed E-state index contributed by atoms with van der Waals surface area (Å²) < 4.78 is -1.89. The fourth-order valence-electron chi connectivity index (χ4n) is 5.39. The van der Waals surface area contributed by atoms with Crippen molar-refractivity contribution >= 4 is 43.7 Å². The van der Waals surface area contributed by atoms with Crippen LogP contribution in [0.4, 0.5) is 0 Å². The molecule has 0 saturated carbocycles. The van der Waals surface area contributed by atoms with Crippen molar-refractivity contribution in [3.63, 3.8) is 0 Å². The average Bonchev–Trinajstić information content (AvgIpc) is 3.18. The highest BCUT2D eigenvalue weighted by Crippen LogP contribution is 2.59. The molecule has 1 aliphatic rings. The maximum atomic E-state index is 14.1. The highest BCUT2D eigenvalue weighted by molar-refractivity contribution is 9.10. The molecular formula is C31H25Br2NO2. The summed E-state index contributed by atoms with van der Waals surface area (Å²) in [6.07, 6.45) is 0. The number of rotatable bonds is 6. The predicted molar refractivity (Wildman–Crippen MR) is 150 cm³/mol. The number of likely N-dealkylation sites (tertiary alicyclic amines) is 1. The Morgan fingerprint density at radius 3 is 0.944 bits per heavy atom. The summed E-state index contributed by atoms with van der Waals surface area (Å²) in [4.78, 5) is 29.5. The van der Waals surface area contributed by atoms with Gasteiger partial charge in [-0.2, -0.15) is 0 Å². The molecule has 0 radical (unpaired) electrons. The van der Waals surface area contributed by atoms with E-state index in [4.69, 9.17) is 0 Å². The number of hydrogen-bond donors (Lipinski definition) is 0. The summed E-state index contributed by atoms with van der Waals surface area (Å²) in [6, 6.07) is 39.6. The van der Waals surface area contributed by atoms with E-state index < -0.39 is 20.5 Å². The molecule has 180 valence electrons. The number of halogens is 2. The summed E-state index contributed by atoms with van der Waals surface area (Å²) in [6.45, 7) is 0. The Morgan fingerprint density at radius 2 is 0.722 bits per heavy atom. The van der Waals surface area contributed by atoms with E-state index in [1.165, 1.54) is 4.90 Å². The number of imide groups is 1. The molecule has 5 heteroatoms. The van der Waals surface area contributed by atoms with E-state index in [1.54, 1.807) is 7.05 Å². The van der Waals surface area contributed by atoms with E-state index in [-0.39, 0.29) is 11.8 Å². The summed E-state index contributed by atoms with van der Waals surface area (Å²) in [5.41, 5.74) is 3.66. The van der Waals surface area contributed by atoms with Crippen LogP contribution in [0.5, 0.6) is 0 Å². The molecule has 2 unspecified atom stereocenters. The first-order chi connectivity index (χ1) is 17.4. The predicted octanol–water partition coefficient (Wildman–Crippen LogP) is 6.89. The topological polar surface area (TPSA) is 37.4 Å². The zero-order chi connectivity index (χ0) is 25.3. The summed E-state index contributed by atoms with van der Waals surface area (Å²) in [5, 5.41) is 0. The molecule has 0 N–H and O–H groups in total. The maximum absolute atomic E-state index is 14.1. The van der Waals surface area contributed by atoms with E-state index in [2.05, 4.69) is 31.9 Å².